The number of ether oxygens (including phenoxy) is 6. The average Bonchev–Trinajstić information content (AvgIpc) is 2.66. The van der Waals surface area contributed by atoms with E-state index >= 15 is 0 Å². The van der Waals surface area contributed by atoms with Crippen LogP contribution < -0.4 is 5.32 Å². The second-order valence-electron chi connectivity index (χ2n) is 6.12. The molecule has 8 heteroatoms. The van der Waals surface area contributed by atoms with Crippen molar-refractivity contribution in [3.05, 3.63) is 0 Å². The van der Waals surface area contributed by atoms with E-state index in [1.165, 1.54) is 0 Å². The SMILES string of the molecule is CCCOCCOCCOCCOCCOCCOCCNC(=O)C(C)C. The Morgan fingerprint density at radius 1 is 0.630 bits per heavy atom. The molecular weight excluding hydrogens is 354 g/mol. The third kappa shape index (κ3) is 21.4. The maximum atomic E-state index is 11.3. The fraction of sp³-hybridized carbons (Fsp3) is 0.947. The molecule has 0 aliphatic rings. The molecule has 0 saturated heterocycles. The van der Waals surface area contributed by atoms with Gasteiger partial charge < -0.3 is 33.7 Å². The lowest BCUT2D eigenvalue weighted by atomic mass is 10.2. The Morgan fingerprint density at radius 2 is 0.963 bits per heavy atom. The number of hydrogen-bond donors (Lipinski definition) is 1. The highest BCUT2D eigenvalue weighted by Crippen LogP contribution is 1.89. The molecule has 0 spiro atoms. The lowest BCUT2D eigenvalue weighted by Crippen LogP contribution is -2.31. The Kier molecular flexibility index (Phi) is 20.9. The van der Waals surface area contributed by atoms with E-state index in [0.29, 0.717) is 79.2 Å². The van der Waals surface area contributed by atoms with Gasteiger partial charge in [-0.25, -0.2) is 0 Å². The second-order valence-corrected chi connectivity index (χ2v) is 6.12. The summed E-state index contributed by atoms with van der Waals surface area (Å²) in [7, 11) is 0. The first kappa shape index (κ1) is 26.2. The third-order valence-corrected chi connectivity index (χ3v) is 3.28. The van der Waals surface area contributed by atoms with Crippen LogP contribution in [0.2, 0.25) is 0 Å². The molecule has 0 aliphatic heterocycles. The molecule has 8 nitrogen and oxygen atoms in total. The second kappa shape index (κ2) is 21.5. The van der Waals surface area contributed by atoms with Crippen molar-refractivity contribution in [2.24, 2.45) is 5.92 Å². The van der Waals surface area contributed by atoms with Crippen molar-refractivity contribution in [3.63, 3.8) is 0 Å². The van der Waals surface area contributed by atoms with E-state index in [0.717, 1.165) is 13.0 Å². The Labute approximate surface area is 164 Å². The molecule has 0 heterocycles. The molecule has 0 aromatic heterocycles. The molecule has 0 rings (SSSR count). The molecule has 0 radical (unpaired) electrons. The van der Waals surface area contributed by atoms with Crippen molar-refractivity contribution in [1.29, 1.82) is 0 Å². The van der Waals surface area contributed by atoms with Gasteiger partial charge in [0.25, 0.3) is 0 Å². The largest absolute Gasteiger partial charge is 0.379 e. The molecule has 0 aromatic rings. The summed E-state index contributed by atoms with van der Waals surface area (Å²) < 4.78 is 32.2. The summed E-state index contributed by atoms with van der Waals surface area (Å²) in [6.45, 7) is 13.1. The van der Waals surface area contributed by atoms with Gasteiger partial charge in [0.15, 0.2) is 0 Å². The van der Waals surface area contributed by atoms with E-state index in [2.05, 4.69) is 12.2 Å². The van der Waals surface area contributed by atoms with E-state index < -0.39 is 0 Å². The fourth-order valence-electron chi connectivity index (χ4n) is 1.80. The smallest absolute Gasteiger partial charge is 0.222 e. The minimum atomic E-state index is 0.00230. The van der Waals surface area contributed by atoms with E-state index in [4.69, 9.17) is 28.4 Å². The lowest BCUT2D eigenvalue weighted by molar-refractivity contribution is -0.124. The standard InChI is InChI=1S/C19H39NO7/c1-4-6-22-8-10-24-12-14-26-16-17-27-15-13-25-11-9-23-7-5-20-19(21)18(2)3/h18H,4-17H2,1-3H3,(H,20,21). The van der Waals surface area contributed by atoms with Crippen LogP contribution in [0.3, 0.4) is 0 Å². The molecular formula is C19H39NO7. The van der Waals surface area contributed by atoms with Crippen LogP contribution >= 0.6 is 0 Å². The molecule has 1 amide bonds. The van der Waals surface area contributed by atoms with Gasteiger partial charge in [-0.15, -0.1) is 0 Å². The zero-order valence-electron chi connectivity index (χ0n) is 17.3. The summed E-state index contributed by atoms with van der Waals surface area (Å²) in [4.78, 5) is 11.3. The quantitative estimate of drug-likeness (QED) is 0.294. The van der Waals surface area contributed by atoms with Crippen LogP contribution in [-0.2, 0) is 33.2 Å². The van der Waals surface area contributed by atoms with Crippen molar-refractivity contribution < 1.29 is 33.2 Å². The van der Waals surface area contributed by atoms with Gasteiger partial charge in [-0.3, -0.25) is 4.79 Å². The van der Waals surface area contributed by atoms with Crippen LogP contribution in [0.1, 0.15) is 27.2 Å². The Hall–Kier alpha value is -0.770. The molecule has 0 fully saturated rings. The number of carbonyl (C=O) groups excluding carboxylic acids is 1. The minimum Gasteiger partial charge on any atom is -0.379 e. The summed E-state index contributed by atoms with van der Waals surface area (Å²) in [6.07, 6.45) is 1.03. The van der Waals surface area contributed by atoms with Gasteiger partial charge in [-0.05, 0) is 6.42 Å². The Morgan fingerprint density at radius 3 is 1.30 bits per heavy atom. The molecule has 0 bridgehead atoms. The number of rotatable bonds is 21. The van der Waals surface area contributed by atoms with Gasteiger partial charge in [-0.1, -0.05) is 20.8 Å². The van der Waals surface area contributed by atoms with Crippen LogP contribution in [0.25, 0.3) is 0 Å². The normalized spacial score (nSPS) is 11.3. The van der Waals surface area contributed by atoms with Crippen LogP contribution in [0.5, 0.6) is 0 Å². The summed E-state index contributed by atoms with van der Waals surface area (Å²) in [5, 5.41) is 2.79. The van der Waals surface area contributed by atoms with Gasteiger partial charge in [0.1, 0.15) is 0 Å². The maximum Gasteiger partial charge on any atom is 0.222 e. The van der Waals surface area contributed by atoms with E-state index in [1.807, 2.05) is 13.8 Å². The van der Waals surface area contributed by atoms with Gasteiger partial charge >= 0.3 is 0 Å². The van der Waals surface area contributed by atoms with Gasteiger partial charge in [0.2, 0.25) is 5.91 Å². The van der Waals surface area contributed by atoms with Gasteiger partial charge in [0, 0.05) is 19.1 Å². The van der Waals surface area contributed by atoms with Crippen molar-refractivity contribution in [2.45, 2.75) is 27.2 Å². The molecule has 162 valence electrons. The molecule has 1 N–H and O–H groups in total. The van der Waals surface area contributed by atoms with Gasteiger partial charge in [-0.2, -0.15) is 0 Å². The summed E-state index contributed by atoms with van der Waals surface area (Å²) in [5.41, 5.74) is 0. The first-order valence-corrected chi connectivity index (χ1v) is 9.92. The third-order valence-electron chi connectivity index (χ3n) is 3.28. The fourth-order valence-corrected chi connectivity index (χ4v) is 1.80. The van der Waals surface area contributed by atoms with Crippen LogP contribution in [0, 0.1) is 5.92 Å². The molecule has 0 saturated carbocycles. The number of nitrogens with one attached hydrogen (secondary N) is 1. The lowest BCUT2D eigenvalue weighted by Gasteiger charge is -2.09. The van der Waals surface area contributed by atoms with Crippen LogP contribution in [0.15, 0.2) is 0 Å². The highest BCUT2D eigenvalue weighted by Gasteiger charge is 2.04. The highest BCUT2D eigenvalue weighted by molar-refractivity contribution is 5.77. The van der Waals surface area contributed by atoms with Gasteiger partial charge in [0.05, 0.1) is 72.7 Å². The topological polar surface area (TPSA) is 84.5 Å². The van der Waals surface area contributed by atoms with Crippen molar-refractivity contribution in [2.75, 3.05) is 85.8 Å². The Balaban J connectivity index is 3.04. The zero-order chi connectivity index (χ0) is 20.0. The van der Waals surface area contributed by atoms with Crippen molar-refractivity contribution in [1.82, 2.24) is 5.32 Å². The summed E-state index contributed by atoms with van der Waals surface area (Å²) in [5.74, 6) is 0.0444. The van der Waals surface area contributed by atoms with E-state index in [1.54, 1.807) is 0 Å². The Bertz CT molecular complexity index is 316. The van der Waals surface area contributed by atoms with Crippen LogP contribution in [0.4, 0.5) is 0 Å². The monoisotopic (exact) mass is 393 g/mol. The maximum absolute atomic E-state index is 11.3. The first-order chi connectivity index (χ1) is 13.2. The predicted octanol–water partition coefficient (Wildman–Crippen LogP) is 1.27. The van der Waals surface area contributed by atoms with E-state index in [9.17, 15) is 4.79 Å². The van der Waals surface area contributed by atoms with Crippen molar-refractivity contribution >= 4 is 5.91 Å². The molecule has 0 atom stereocenters. The summed E-state index contributed by atoms with van der Waals surface area (Å²) >= 11 is 0. The first-order valence-electron chi connectivity index (χ1n) is 9.92. The molecule has 0 unspecified atom stereocenters. The summed E-state index contributed by atoms with van der Waals surface area (Å²) in [6, 6.07) is 0. The zero-order valence-corrected chi connectivity index (χ0v) is 17.3. The van der Waals surface area contributed by atoms with Crippen LogP contribution in [-0.4, -0.2) is 91.7 Å². The average molecular weight is 394 g/mol. The predicted molar refractivity (Wildman–Crippen MR) is 103 cm³/mol. The van der Waals surface area contributed by atoms with Crippen molar-refractivity contribution in [3.8, 4) is 0 Å². The number of hydrogen-bond acceptors (Lipinski definition) is 7. The number of carbonyl (C=O) groups is 1. The highest BCUT2D eigenvalue weighted by atomic mass is 16.6. The molecule has 27 heavy (non-hydrogen) atoms. The van der Waals surface area contributed by atoms with E-state index in [-0.39, 0.29) is 11.8 Å². The minimum absolute atomic E-state index is 0.00230. The molecule has 0 aliphatic carbocycles. The number of amides is 1. The molecule has 0 aromatic carbocycles.